The molecule has 0 bridgehead atoms. The summed E-state index contributed by atoms with van der Waals surface area (Å²) >= 11 is 9.30. The van der Waals surface area contributed by atoms with E-state index in [1.807, 2.05) is 0 Å². The van der Waals surface area contributed by atoms with Crippen LogP contribution in [-0.4, -0.2) is 40.4 Å². The number of rotatable bonds is 9. The van der Waals surface area contributed by atoms with Crippen molar-refractivity contribution in [1.82, 2.24) is 9.71 Å². The van der Waals surface area contributed by atoms with Gasteiger partial charge in [0.05, 0.1) is 11.3 Å². The molecule has 184 valence electrons. The lowest BCUT2D eigenvalue weighted by atomic mass is 9.96. The van der Waals surface area contributed by atoms with Gasteiger partial charge in [-0.3, -0.25) is 0 Å². The SMILES string of the molecule is CC(C)(CNc1ncc(C(F)(F)F)cc1S(=O)(=O)NCc1cc(Br)ccc1Cl)CS(C)(=O)=O. The highest BCUT2D eigenvalue weighted by molar-refractivity contribution is 9.10. The fourth-order valence-electron chi connectivity index (χ4n) is 2.95. The number of nitrogens with zero attached hydrogens (tertiary/aromatic N) is 1. The molecule has 0 amide bonds. The number of pyridine rings is 1. The molecule has 0 aliphatic heterocycles. The maximum absolute atomic E-state index is 13.2. The van der Waals surface area contributed by atoms with Crippen molar-refractivity contribution in [3.05, 3.63) is 51.1 Å². The number of anilines is 1. The van der Waals surface area contributed by atoms with Gasteiger partial charge in [-0.15, -0.1) is 0 Å². The minimum atomic E-state index is -4.82. The Hall–Kier alpha value is -1.41. The zero-order chi connectivity index (χ0) is 25.2. The second kappa shape index (κ2) is 10.1. The molecule has 1 aromatic heterocycles. The van der Waals surface area contributed by atoms with E-state index in [4.69, 9.17) is 11.6 Å². The highest BCUT2D eigenvalue weighted by atomic mass is 79.9. The van der Waals surface area contributed by atoms with Crippen LogP contribution >= 0.6 is 27.5 Å². The molecule has 0 saturated carbocycles. The van der Waals surface area contributed by atoms with Crippen molar-refractivity contribution in [2.45, 2.75) is 31.5 Å². The van der Waals surface area contributed by atoms with Gasteiger partial charge in [0.15, 0.2) is 0 Å². The van der Waals surface area contributed by atoms with Crippen molar-refractivity contribution in [3.8, 4) is 0 Å². The summed E-state index contributed by atoms with van der Waals surface area (Å²) in [7, 11) is -7.83. The Kier molecular flexibility index (Phi) is 8.49. The zero-order valence-electron chi connectivity index (χ0n) is 17.8. The first-order valence-electron chi connectivity index (χ1n) is 9.32. The van der Waals surface area contributed by atoms with Gasteiger partial charge < -0.3 is 5.32 Å². The first kappa shape index (κ1) is 27.8. The molecule has 0 radical (unpaired) electrons. The minimum Gasteiger partial charge on any atom is -0.368 e. The van der Waals surface area contributed by atoms with E-state index in [1.165, 1.54) is 6.07 Å². The predicted molar refractivity (Wildman–Crippen MR) is 124 cm³/mol. The molecule has 2 N–H and O–H groups in total. The van der Waals surface area contributed by atoms with Crippen LogP contribution in [0.1, 0.15) is 25.0 Å². The van der Waals surface area contributed by atoms with E-state index < -0.39 is 41.9 Å². The molecule has 0 aliphatic carbocycles. The summed E-state index contributed by atoms with van der Waals surface area (Å²) in [4.78, 5) is 2.94. The molecule has 0 spiro atoms. The monoisotopic (exact) mass is 591 g/mol. The number of benzene rings is 1. The van der Waals surface area contributed by atoms with Gasteiger partial charge in [-0.2, -0.15) is 13.2 Å². The average molecular weight is 593 g/mol. The number of hydrogen-bond donors (Lipinski definition) is 2. The van der Waals surface area contributed by atoms with Gasteiger partial charge in [-0.05, 0) is 35.2 Å². The van der Waals surface area contributed by atoms with Gasteiger partial charge in [-0.25, -0.2) is 26.5 Å². The highest BCUT2D eigenvalue weighted by Gasteiger charge is 2.34. The summed E-state index contributed by atoms with van der Waals surface area (Å²) in [5.74, 6) is -0.563. The van der Waals surface area contributed by atoms with E-state index in [1.54, 1.807) is 26.0 Å². The first-order valence-corrected chi connectivity index (χ1v) is 14.0. The number of halogens is 5. The molecule has 0 aliphatic rings. The number of alkyl halides is 3. The summed E-state index contributed by atoms with van der Waals surface area (Å²) in [5.41, 5.74) is -1.70. The van der Waals surface area contributed by atoms with Gasteiger partial charge in [0.2, 0.25) is 10.0 Å². The van der Waals surface area contributed by atoms with E-state index in [0.717, 1.165) is 6.26 Å². The van der Waals surface area contributed by atoms with E-state index in [0.29, 0.717) is 22.3 Å². The molecule has 1 heterocycles. The van der Waals surface area contributed by atoms with Crippen molar-refractivity contribution >= 4 is 53.2 Å². The van der Waals surface area contributed by atoms with Crippen LogP contribution in [-0.2, 0) is 32.6 Å². The first-order chi connectivity index (χ1) is 14.9. The summed E-state index contributed by atoms with van der Waals surface area (Å²) in [6.45, 7) is 2.90. The largest absolute Gasteiger partial charge is 0.417 e. The van der Waals surface area contributed by atoms with Crippen molar-refractivity contribution in [2.24, 2.45) is 5.41 Å². The Morgan fingerprint density at radius 1 is 1.12 bits per heavy atom. The Morgan fingerprint density at radius 2 is 1.76 bits per heavy atom. The number of aromatic nitrogens is 1. The average Bonchev–Trinajstić information content (AvgIpc) is 2.64. The summed E-state index contributed by atoms with van der Waals surface area (Å²) < 4.78 is 91.7. The molecule has 7 nitrogen and oxygen atoms in total. The molecule has 14 heteroatoms. The van der Waals surface area contributed by atoms with Crippen molar-refractivity contribution in [2.75, 3.05) is 23.9 Å². The molecule has 1 aromatic carbocycles. The zero-order valence-corrected chi connectivity index (χ0v) is 21.8. The standard InChI is InChI=1S/C19H22BrClF3N3O4S2/c1-18(2,11-32(3,28)29)10-26-17-16(7-13(9-25-17)19(22,23)24)33(30,31)27-8-12-6-14(20)4-5-15(12)21/h4-7,9,27H,8,10-11H2,1-3H3,(H,25,26). The highest BCUT2D eigenvalue weighted by Crippen LogP contribution is 2.33. The summed E-state index contributed by atoms with van der Waals surface area (Å²) in [5, 5.41) is 2.95. The van der Waals surface area contributed by atoms with E-state index in [2.05, 4.69) is 31.0 Å². The molecular weight excluding hydrogens is 571 g/mol. The number of nitrogens with one attached hydrogen (secondary N) is 2. The lowest BCUT2D eigenvalue weighted by molar-refractivity contribution is -0.138. The maximum atomic E-state index is 13.2. The van der Waals surface area contributed by atoms with Crippen LogP contribution in [0.4, 0.5) is 19.0 Å². The van der Waals surface area contributed by atoms with E-state index in [9.17, 15) is 30.0 Å². The second-order valence-corrected chi connectivity index (χ2v) is 13.4. The molecular formula is C19H22BrClF3N3O4S2. The fourth-order valence-corrected chi connectivity index (χ4v) is 6.23. The van der Waals surface area contributed by atoms with Gasteiger partial charge >= 0.3 is 6.18 Å². The van der Waals surface area contributed by atoms with Gasteiger partial charge in [-0.1, -0.05) is 41.4 Å². The van der Waals surface area contributed by atoms with Crippen LogP contribution in [0, 0.1) is 5.41 Å². The maximum Gasteiger partial charge on any atom is 0.417 e. The molecule has 0 saturated heterocycles. The molecule has 0 atom stereocenters. The van der Waals surface area contributed by atoms with Crippen LogP contribution < -0.4 is 10.0 Å². The van der Waals surface area contributed by atoms with E-state index >= 15 is 0 Å². The quantitative estimate of drug-likeness (QED) is 0.445. The normalized spacial score (nSPS) is 13.2. The summed E-state index contributed by atoms with van der Waals surface area (Å²) in [6.07, 6.45) is -3.26. The van der Waals surface area contributed by atoms with E-state index in [-0.39, 0.29) is 29.7 Å². The van der Waals surface area contributed by atoms with Crippen LogP contribution in [0.15, 0.2) is 39.8 Å². The van der Waals surface area contributed by atoms with Crippen LogP contribution in [0.2, 0.25) is 5.02 Å². The Balaban J connectivity index is 2.39. The number of sulfone groups is 1. The topological polar surface area (TPSA) is 105 Å². The van der Waals surface area contributed by atoms with Crippen molar-refractivity contribution in [3.63, 3.8) is 0 Å². The Labute approximate surface area is 204 Å². The second-order valence-electron chi connectivity index (χ2n) is 8.22. The third-order valence-electron chi connectivity index (χ3n) is 4.32. The van der Waals surface area contributed by atoms with Gasteiger partial charge in [0.1, 0.15) is 20.6 Å². The van der Waals surface area contributed by atoms with Crippen LogP contribution in [0.5, 0.6) is 0 Å². The fraction of sp³-hybridized carbons (Fsp3) is 0.421. The molecule has 0 unspecified atom stereocenters. The van der Waals surface area contributed by atoms with Crippen LogP contribution in [0.3, 0.4) is 0 Å². The summed E-state index contributed by atoms with van der Waals surface area (Å²) in [6, 6.07) is 5.24. The lowest BCUT2D eigenvalue weighted by Gasteiger charge is -2.25. The third-order valence-corrected chi connectivity index (χ3v) is 7.90. The smallest absolute Gasteiger partial charge is 0.368 e. The molecule has 0 fully saturated rings. The molecule has 2 rings (SSSR count). The minimum absolute atomic E-state index is 0.0571. The molecule has 33 heavy (non-hydrogen) atoms. The Bertz CT molecular complexity index is 1240. The molecule has 2 aromatic rings. The Morgan fingerprint density at radius 3 is 2.33 bits per heavy atom. The van der Waals surface area contributed by atoms with Gasteiger partial charge in [0, 0.05) is 35.0 Å². The van der Waals surface area contributed by atoms with Gasteiger partial charge in [0.25, 0.3) is 0 Å². The van der Waals surface area contributed by atoms with Crippen LogP contribution in [0.25, 0.3) is 0 Å². The lowest BCUT2D eigenvalue weighted by Crippen LogP contribution is -2.32. The number of sulfonamides is 1. The number of hydrogen-bond acceptors (Lipinski definition) is 6. The third kappa shape index (κ3) is 8.39. The van der Waals surface area contributed by atoms with Crippen molar-refractivity contribution < 1.29 is 30.0 Å². The van der Waals surface area contributed by atoms with Crippen molar-refractivity contribution in [1.29, 1.82) is 0 Å². The predicted octanol–water partition coefficient (Wildman–Crippen LogP) is 4.48.